The van der Waals surface area contributed by atoms with Gasteiger partial charge in [0, 0.05) is 17.8 Å². The smallest absolute Gasteiger partial charge is 0.337 e. The van der Waals surface area contributed by atoms with Gasteiger partial charge in [0.2, 0.25) is 6.79 Å². The molecule has 0 aliphatic carbocycles. The zero-order valence-electron chi connectivity index (χ0n) is 10.8. The first-order valence-electron chi connectivity index (χ1n) is 6.15. The Kier molecular flexibility index (Phi) is 2.95. The Morgan fingerprint density at radius 3 is 2.55 bits per heavy atom. The Morgan fingerprint density at radius 2 is 1.85 bits per heavy atom. The van der Waals surface area contributed by atoms with Gasteiger partial charge in [0.1, 0.15) is 0 Å². The molecule has 0 aromatic heterocycles. The molecule has 1 aliphatic rings. The van der Waals surface area contributed by atoms with Crippen molar-refractivity contribution >= 4 is 17.3 Å². The van der Waals surface area contributed by atoms with Crippen molar-refractivity contribution in [2.45, 2.75) is 6.92 Å². The number of para-hydroxylation sites is 1. The van der Waals surface area contributed by atoms with Crippen LogP contribution >= 0.6 is 0 Å². The molecule has 2 aromatic rings. The van der Waals surface area contributed by atoms with Crippen molar-refractivity contribution < 1.29 is 19.4 Å². The van der Waals surface area contributed by atoms with E-state index in [0.717, 1.165) is 11.3 Å². The van der Waals surface area contributed by atoms with Crippen LogP contribution in [0.3, 0.4) is 0 Å². The predicted octanol–water partition coefficient (Wildman–Crippen LogP) is 3.17. The molecule has 0 fully saturated rings. The number of carboxylic acid groups (broad SMARTS) is 1. The minimum atomic E-state index is -1.01. The van der Waals surface area contributed by atoms with Gasteiger partial charge >= 0.3 is 5.97 Å². The summed E-state index contributed by atoms with van der Waals surface area (Å²) in [5, 5.41) is 12.4. The first-order valence-corrected chi connectivity index (χ1v) is 6.15. The molecule has 20 heavy (non-hydrogen) atoms. The van der Waals surface area contributed by atoms with E-state index in [4.69, 9.17) is 9.47 Å². The second kappa shape index (κ2) is 4.77. The molecule has 0 radical (unpaired) electrons. The molecule has 2 N–H and O–H groups in total. The van der Waals surface area contributed by atoms with E-state index in [-0.39, 0.29) is 12.4 Å². The van der Waals surface area contributed by atoms with Crippen molar-refractivity contribution in [2.75, 3.05) is 12.1 Å². The number of ether oxygens (including phenoxy) is 2. The summed E-state index contributed by atoms with van der Waals surface area (Å²) in [4.78, 5) is 11.4. The zero-order chi connectivity index (χ0) is 14.1. The molecule has 0 atom stereocenters. The summed E-state index contributed by atoms with van der Waals surface area (Å²) in [5.74, 6) is -0.0109. The van der Waals surface area contributed by atoms with Crippen molar-refractivity contribution in [2.24, 2.45) is 0 Å². The van der Waals surface area contributed by atoms with Crippen LogP contribution in [0.25, 0.3) is 0 Å². The number of carbonyl (C=O) groups is 1. The molecule has 1 heterocycles. The van der Waals surface area contributed by atoms with Gasteiger partial charge in [-0.25, -0.2) is 4.79 Å². The van der Waals surface area contributed by atoms with E-state index >= 15 is 0 Å². The van der Waals surface area contributed by atoms with Crippen molar-refractivity contribution in [3.05, 3.63) is 47.5 Å². The third kappa shape index (κ3) is 2.14. The third-order valence-corrected chi connectivity index (χ3v) is 3.16. The van der Waals surface area contributed by atoms with Gasteiger partial charge in [-0.15, -0.1) is 0 Å². The number of aryl methyl sites for hydroxylation is 1. The lowest BCUT2D eigenvalue weighted by Crippen LogP contribution is -2.03. The largest absolute Gasteiger partial charge is 0.478 e. The molecule has 0 unspecified atom stereocenters. The van der Waals surface area contributed by atoms with E-state index < -0.39 is 5.97 Å². The summed E-state index contributed by atoms with van der Waals surface area (Å²) < 4.78 is 10.5. The van der Waals surface area contributed by atoms with Gasteiger partial charge in [0.15, 0.2) is 11.5 Å². The van der Waals surface area contributed by atoms with Crippen molar-refractivity contribution in [1.29, 1.82) is 0 Å². The highest BCUT2D eigenvalue weighted by molar-refractivity contribution is 5.96. The van der Waals surface area contributed by atoms with E-state index in [9.17, 15) is 9.90 Å². The molecule has 0 saturated carbocycles. The summed E-state index contributed by atoms with van der Waals surface area (Å²) in [6, 6.07) is 10.8. The quantitative estimate of drug-likeness (QED) is 0.897. The summed E-state index contributed by atoms with van der Waals surface area (Å²) in [6.45, 7) is 2.07. The van der Waals surface area contributed by atoms with Gasteiger partial charge in [-0.05, 0) is 18.6 Å². The van der Waals surface area contributed by atoms with E-state index in [0.29, 0.717) is 17.2 Å². The number of hydrogen-bond acceptors (Lipinski definition) is 4. The van der Waals surface area contributed by atoms with E-state index in [2.05, 4.69) is 5.32 Å². The van der Waals surface area contributed by atoms with Crippen LogP contribution in [-0.2, 0) is 0 Å². The SMILES string of the molecule is Cc1ccccc1Nc1cc2c(cc1C(=O)O)OCO2. The lowest BCUT2D eigenvalue weighted by Gasteiger charge is -2.12. The molecule has 2 aromatic carbocycles. The molecule has 0 bridgehead atoms. The molecule has 1 aliphatic heterocycles. The first kappa shape index (κ1) is 12.3. The van der Waals surface area contributed by atoms with Crippen LogP contribution in [-0.4, -0.2) is 17.9 Å². The number of anilines is 2. The minimum Gasteiger partial charge on any atom is -0.478 e. The van der Waals surface area contributed by atoms with E-state index in [1.807, 2.05) is 31.2 Å². The number of rotatable bonds is 3. The fraction of sp³-hybridized carbons (Fsp3) is 0.133. The Labute approximate surface area is 115 Å². The van der Waals surface area contributed by atoms with E-state index in [1.54, 1.807) is 6.07 Å². The van der Waals surface area contributed by atoms with Gasteiger partial charge in [0.25, 0.3) is 0 Å². The molecular weight excluding hydrogens is 258 g/mol. The molecular formula is C15H13NO4. The van der Waals surface area contributed by atoms with E-state index in [1.165, 1.54) is 6.07 Å². The fourth-order valence-corrected chi connectivity index (χ4v) is 2.08. The molecule has 3 rings (SSSR count). The van der Waals surface area contributed by atoms with Gasteiger partial charge in [0.05, 0.1) is 11.3 Å². The lowest BCUT2D eigenvalue weighted by molar-refractivity contribution is 0.0697. The highest BCUT2D eigenvalue weighted by atomic mass is 16.7. The molecule has 0 saturated heterocycles. The van der Waals surface area contributed by atoms with Crippen LogP contribution in [0.4, 0.5) is 11.4 Å². The summed E-state index contributed by atoms with van der Waals surface area (Å²) in [6.07, 6.45) is 0. The van der Waals surface area contributed by atoms with Gasteiger partial charge in [-0.2, -0.15) is 0 Å². The van der Waals surface area contributed by atoms with Crippen LogP contribution in [0.1, 0.15) is 15.9 Å². The summed E-state index contributed by atoms with van der Waals surface area (Å²) >= 11 is 0. The second-order valence-electron chi connectivity index (χ2n) is 4.50. The summed E-state index contributed by atoms with van der Waals surface area (Å²) in [5.41, 5.74) is 2.52. The molecule has 0 amide bonds. The molecule has 5 heteroatoms. The van der Waals surface area contributed by atoms with Gasteiger partial charge < -0.3 is 19.9 Å². The Bertz CT molecular complexity index is 682. The number of nitrogens with one attached hydrogen (secondary N) is 1. The fourth-order valence-electron chi connectivity index (χ4n) is 2.08. The Hall–Kier alpha value is -2.69. The van der Waals surface area contributed by atoms with Crippen molar-refractivity contribution in [3.8, 4) is 11.5 Å². The standard InChI is InChI=1S/C15H13NO4/c1-9-4-2-3-5-11(9)16-12-7-14-13(19-8-20-14)6-10(12)15(17)18/h2-7,16H,8H2,1H3,(H,17,18). The predicted molar refractivity (Wildman–Crippen MR) is 74.0 cm³/mol. The van der Waals surface area contributed by atoms with Gasteiger partial charge in [-0.3, -0.25) is 0 Å². The van der Waals surface area contributed by atoms with Crippen LogP contribution in [0.2, 0.25) is 0 Å². The van der Waals surface area contributed by atoms with Gasteiger partial charge in [-0.1, -0.05) is 18.2 Å². The number of fused-ring (bicyclic) bond motifs is 1. The maximum atomic E-state index is 11.4. The minimum absolute atomic E-state index is 0.113. The highest BCUT2D eigenvalue weighted by Gasteiger charge is 2.20. The molecule has 5 nitrogen and oxygen atoms in total. The monoisotopic (exact) mass is 271 g/mol. The number of aromatic carboxylic acids is 1. The maximum Gasteiger partial charge on any atom is 0.337 e. The first-order chi connectivity index (χ1) is 9.65. The van der Waals surface area contributed by atoms with Crippen LogP contribution in [0.15, 0.2) is 36.4 Å². The maximum absolute atomic E-state index is 11.4. The molecule has 102 valence electrons. The molecule has 0 spiro atoms. The van der Waals surface area contributed by atoms with Crippen LogP contribution in [0, 0.1) is 6.92 Å². The lowest BCUT2D eigenvalue weighted by atomic mass is 10.1. The van der Waals surface area contributed by atoms with Crippen LogP contribution < -0.4 is 14.8 Å². The average Bonchev–Trinajstić information content (AvgIpc) is 2.87. The van der Waals surface area contributed by atoms with Crippen molar-refractivity contribution in [3.63, 3.8) is 0 Å². The summed E-state index contributed by atoms with van der Waals surface area (Å²) in [7, 11) is 0. The Morgan fingerprint density at radius 1 is 1.15 bits per heavy atom. The Balaban J connectivity index is 2.04. The van der Waals surface area contributed by atoms with Crippen LogP contribution in [0.5, 0.6) is 11.5 Å². The highest BCUT2D eigenvalue weighted by Crippen LogP contribution is 2.38. The zero-order valence-corrected chi connectivity index (χ0v) is 10.8. The average molecular weight is 271 g/mol. The van der Waals surface area contributed by atoms with Crippen molar-refractivity contribution in [1.82, 2.24) is 0 Å². The number of benzene rings is 2. The second-order valence-corrected chi connectivity index (χ2v) is 4.50. The number of hydrogen-bond donors (Lipinski definition) is 2. The topological polar surface area (TPSA) is 67.8 Å². The number of carboxylic acids is 1. The third-order valence-electron chi connectivity index (χ3n) is 3.16. The normalized spacial score (nSPS) is 12.2.